The van der Waals surface area contributed by atoms with Crippen molar-refractivity contribution >= 4 is 39.5 Å². The van der Waals surface area contributed by atoms with Crippen LogP contribution in [0.15, 0.2) is 0 Å². The Balaban J connectivity index is 5.14. The van der Waals surface area contributed by atoms with Gasteiger partial charge < -0.3 is 33.8 Å². The molecular formula is C57H110O17P2. The smallest absolute Gasteiger partial charge is 0.462 e. The third-order valence-electron chi connectivity index (χ3n) is 13.1. The van der Waals surface area contributed by atoms with Gasteiger partial charge in [-0.1, -0.05) is 233 Å². The van der Waals surface area contributed by atoms with Crippen LogP contribution in [0.4, 0.5) is 0 Å². The van der Waals surface area contributed by atoms with Crippen molar-refractivity contribution in [3.63, 3.8) is 0 Å². The van der Waals surface area contributed by atoms with Gasteiger partial charge in [-0.15, -0.1) is 0 Å². The van der Waals surface area contributed by atoms with Crippen molar-refractivity contribution in [2.24, 2.45) is 0 Å². The number of aliphatic hydroxyl groups is 1. The predicted molar refractivity (Wildman–Crippen MR) is 299 cm³/mol. The molecule has 19 heteroatoms. The fraction of sp³-hybridized carbons (Fsp3) is 0.930. The molecule has 0 bridgehead atoms. The van der Waals surface area contributed by atoms with E-state index in [2.05, 4.69) is 27.7 Å². The number of rotatable bonds is 58. The topological polar surface area (TPSA) is 237 Å². The Bertz CT molecular complexity index is 1490. The second kappa shape index (κ2) is 52.4. The van der Waals surface area contributed by atoms with E-state index in [1.54, 1.807) is 0 Å². The lowest BCUT2D eigenvalue weighted by atomic mass is 10.1. The molecule has 17 nitrogen and oxygen atoms in total. The summed E-state index contributed by atoms with van der Waals surface area (Å²) in [4.78, 5) is 71.5. The molecule has 0 saturated carbocycles. The number of phosphoric ester groups is 2. The maximum Gasteiger partial charge on any atom is 0.472 e. The van der Waals surface area contributed by atoms with Gasteiger partial charge in [0.2, 0.25) is 0 Å². The number of carbonyl (C=O) groups excluding carboxylic acids is 4. The zero-order valence-corrected chi connectivity index (χ0v) is 50.0. The highest BCUT2D eigenvalue weighted by atomic mass is 31.2. The average molecular weight is 1130 g/mol. The predicted octanol–water partition coefficient (Wildman–Crippen LogP) is 15.2. The number of ether oxygens (including phenoxy) is 4. The van der Waals surface area contributed by atoms with Crippen molar-refractivity contribution in [2.75, 3.05) is 39.6 Å². The van der Waals surface area contributed by atoms with Gasteiger partial charge in [-0.25, -0.2) is 9.13 Å². The number of unbranched alkanes of at least 4 members (excludes halogenated alkanes) is 32. The summed E-state index contributed by atoms with van der Waals surface area (Å²) in [5.74, 6) is -2.16. The maximum atomic E-state index is 12.9. The fourth-order valence-electron chi connectivity index (χ4n) is 8.40. The minimum absolute atomic E-state index is 0.106. The van der Waals surface area contributed by atoms with Crippen molar-refractivity contribution in [1.29, 1.82) is 0 Å². The molecule has 0 aliphatic carbocycles. The first kappa shape index (κ1) is 74.1. The van der Waals surface area contributed by atoms with Crippen LogP contribution in [0.1, 0.15) is 285 Å². The number of esters is 4. The van der Waals surface area contributed by atoms with E-state index in [4.69, 9.17) is 37.0 Å². The average Bonchev–Trinajstić information content (AvgIpc) is 3.39. The van der Waals surface area contributed by atoms with Gasteiger partial charge in [-0.2, -0.15) is 0 Å². The second-order valence-corrected chi connectivity index (χ2v) is 23.6. The van der Waals surface area contributed by atoms with Gasteiger partial charge in [0, 0.05) is 25.7 Å². The molecule has 5 atom stereocenters. The Morgan fingerprint density at radius 3 is 0.789 bits per heavy atom. The molecule has 0 spiro atoms. The summed E-state index contributed by atoms with van der Waals surface area (Å²) in [5, 5.41) is 10.5. The molecule has 0 amide bonds. The molecule has 3 N–H and O–H groups in total. The highest BCUT2D eigenvalue weighted by Crippen LogP contribution is 2.45. The van der Waals surface area contributed by atoms with Gasteiger partial charge in [0.25, 0.3) is 0 Å². The van der Waals surface area contributed by atoms with Crippen LogP contribution in [0.2, 0.25) is 0 Å². The van der Waals surface area contributed by atoms with Crippen molar-refractivity contribution in [3.8, 4) is 0 Å². The minimum Gasteiger partial charge on any atom is -0.462 e. The molecule has 0 fully saturated rings. The molecule has 450 valence electrons. The van der Waals surface area contributed by atoms with Gasteiger partial charge in [0.05, 0.1) is 26.4 Å². The van der Waals surface area contributed by atoms with Crippen LogP contribution in [-0.4, -0.2) is 96.7 Å². The third-order valence-corrected chi connectivity index (χ3v) is 15.0. The first-order chi connectivity index (χ1) is 36.7. The number of hydrogen-bond donors (Lipinski definition) is 3. The monoisotopic (exact) mass is 1130 g/mol. The summed E-state index contributed by atoms with van der Waals surface area (Å²) >= 11 is 0. The summed E-state index contributed by atoms with van der Waals surface area (Å²) in [6.07, 6.45) is 35.2. The Kier molecular flexibility index (Phi) is 51.1. The van der Waals surface area contributed by atoms with Crippen molar-refractivity contribution in [3.05, 3.63) is 0 Å². The first-order valence-corrected chi connectivity index (χ1v) is 33.3. The summed E-state index contributed by atoms with van der Waals surface area (Å²) in [7, 11) is -9.86. The van der Waals surface area contributed by atoms with Gasteiger partial charge in [0.15, 0.2) is 12.2 Å². The largest absolute Gasteiger partial charge is 0.472 e. The molecular weight excluding hydrogens is 1020 g/mol. The first-order valence-electron chi connectivity index (χ1n) is 30.3. The van der Waals surface area contributed by atoms with Gasteiger partial charge in [0.1, 0.15) is 19.3 Å². The maximum absolute atomic E-state index is 12.9. The lowest BCUT2D eigenvalue weighted by Gasteiger charge is -2.21. The number of hydrogen-bond acceptors (Lipinski definition) is 15. The third kappa shape index (κ3) is 51.5. The van der Waals surface area contributed by atoms with E-state index in [1.165, 1.54) is 116 Å². The quantitative estimate of drug-likeness (QED) is 0.0222. The van der Waals surface area contributed by atoms with Crippen LogP contribution < -0.4 is 0 Å². The number of carbonyl (C=O) groups is 4. The summed E-state index contributed by atoms with van der Waals surface area (Å²) in [6, 6.07) is 0. The molecule has 0 aromatic carbocycles. The Morgan fingerprint density at radius 2 is 0.526 bits per heavy atom. The van der Waals surface area contributed by atoms with Crippen LogP contribution in [-0.2, 0) is 65.4 Å². The zero-order valence-electron chi connectivity index (χ0n) is 48.2. The van der Waals surface area contributed by atoms with Crippen LogP contribution in [0, 0.1) is 0 Å². The van der Waals surface area contributed by atoms with E-state index in [0.717, 1.165) is 89.9 Å². The molecule has 0 saturated heterocycles. The molecule has 0 rings (SSSR count). The number of aliphatic hydroxyl groups excluding tert-OH is 1. The normalized spacial score (nSPS) is 14.4. The van der Waals surface area contributed by atoms with Gasteiger partial charge >= 0.3 is 39.5 Å². The second-order valence-electron chi connectivity index (χ2n) is 20.7. The highest BCUT2D eigenvalue weighted by molar-refractivity contribution is 7.47. The van der Waals surface area contributed by atoms with E-state index in [9.17, 15) is 43.2 Å². The molecule has 2 unspecified atom stereocenters. The van der Waals surface area contributed by atoms with E-state index in [1.807, 2.05) is 0 Å². The molecule has 0 radical (unpaired) electrons. The van der Waals surface area contributed by atoms with Crippen molar-refractivity contribution < 1.29 is 80.2 Å². The molecule has 0 aromatic rings. The van der Waals surface area contributed by atoms with E-state index < -0.39 is 97.5 Å². The Morgan fingerprint density at radius 1 is 0.316 bits per heavy atom. The summed E-state index contributed by atoms with van der Waals surface area (Å²) in [5.41, 5.74) is 0. The number of phosphoric acid groups is 2. The fourth-order valence-corrected chi connectivity index (χ4v) is 9.98. The SMILES string of the molecule is CCCCCCCCCCCCCC(=O)OC[C@H](COP(=O)(O)OC[C@@H](O)COP(=O)(O)OC[C@@H](COC(=O)CCCCCC)OC(=O)CCCCCCCCCCCCC)OC(=O)CCCCCCCCCCCC. The molecule has 0 aliphatic rings. The summed E-state index contributed by atoms with van der Waals surface area (Å²) in [6.45, 7) is 4.70. The van der Waals surface area contributed by atoms with Crippen LogP contribution in [0.3, 0.4) is 0 Å². The van der Waals surface area contributed by atoms with Crippen LogP contribution >= 0.6 is 15.6 Å². The van der Waals surface area contributed by atoms with Gasteiger partial charge in [-0.05, 0) is 25.7 Å². The standard InChI is InChI=1S/C57H110O17P2/c1-5-9-13-17-20-23-26-29-31-34-38-42-55(60)68-48-53(74-57(62)43-39-35-32-28-25-22-19-15-11-7-3)50-72-76(65,66)70-46-51(58)45-69-75(63,64)71-49-52(47-67-54(59)41-37-16-12-8-4)73-56(61)44-40-36-33-30-27-24-21-18-14-10-6-2/h51-53,58H,5-50H2,1-4H3,(H,63,64)(H,65,66)/t51-,52+,53+/m0/s1. The van der Waals surface area contributed by atoms with Crippen LogP contribution in [0.5, 0.6) is 0 Å². The van der Waals surface area contributed by atoms with Gasteiger partial charge in [-0.3, -0.25) is 37.3 Å². The van der Waals surface area contributed by atoms with Crippen molar-refractivity contribution in [2.45, 2.75) is 303 Å². The lowest BCUT2D eigenvalue weighted by molar-refractivity contribution is -0.161. The lowest BCUT2D eigenvalue weighted by Crippen LogP contribution is -2.30. The van der Waals surface area contributed by atoms with Crippen molar-refractivity contribution in [1.82, 2.24) is 0 Å². The molecule has 0 aromatic heterocycles. The highest BCUT2D eigenvalue weighted by Gasteiger charge is 2.30. The van der Waals surface area contributed by atoms with Crippen LogP contribution in [0.25, 0.3) is 0 Å². The zero-order chi connectivity index (χ0) is 56.2. The molecule has 76 heavy (non-hydrogen) atoms. The molecule has 0 heterocycles. The van der Waals surface area contributed by atoms with E-state index in [-0.39, 0.29) is 25.7 Å². The molecule has 0 aliphatic heterocycles. The Hall–Kier alpha value is -1.94. The van der Waals surface area contributed by atoms with E-state index >= 15 is 0 Å². The minimum atomic E-state index is -4.93. The van der Waals surface area contributed by atoms with E-state index in [0.29, 0.717) is 25.7 Å². The Labute approximate surface area is 460 Å². The summed E-state index contributed by atoms with van der Waals surface area (Å²) < 4.78 is 67.4.